The van der Waals surface area contributed by atoms with Crippen molar-refractivity contribution in [2.75, 3.05) is 5.43 Å². The highest BCUT2D eigenvalue weighted by Gasteiger charge is 2.33. The Bertz CT molecular complexity index is 1250. The molecule has 9 heteroatoms. The van der Waals surface area contributed by atoms with E-state index >= 15 is 0 Å². The number of hydrazine groups is 1. The van der Waals surface area contributed by atoms with Crippen molar-refractivity contribution in [3.8, 4) is 11.3 Å². The smallest absolute Gasteiger partial charge is 0.337 e. The number of aromatic carboxylic acids is 1. The number of carboxylic acids is 1. The normalized spacial score (nSPS) is 15.0. The summed E-state index contributed by atoms with van der Waals surface area (Å²) in [6.45, 7) is 1.94. The molecular weight excluding hydrogens is 456 g/mol. The number of carboxylic acid groups (broad SMARTS) is 1. The standard InChI is InChI=1S/C22H15ClN2O4S2/c1-12-10-13(23)6-8-15(12)18-9-7-14(29-18)11-19-20(26)25(22(30)31-19)24-17-5-3-2-4-16(17)21(27)28/h2-11,24H,1H3,(H,27,28). The van der Waals surface area contributed by atoms with Crippen molar-refractivity contribution in [2.45, 2.75) is 6.92 Å². The molecule has 0 bridgehead atoms. The summed E-state index contributed by atoms with van der Waals surface area (Å²) in [4.78, 5) is 24.6. The summed E-state index contributed by atoms with van der Waals surface area (Å²) in [6, 6.07) is 15.4. The van der Waals surface area contributed by atoms with Gasteiger partial charge in [-0.1, -0.05) is 35.5 Å². The minimum atomic E-state index is -1.11. The van der Waals surface area contributed by atoms with Gasteiger partial charge in [-0.15, -0.1) is 0 Å². The molecule has 0 atom stereocenters. The van der Waals surface area contributed by atoms with Gasteiger partial charge in [0, 0.05) is 16.7 Å². The molecule has 1 aliphatic rings. The fourth-order valence-corrected chi connectivity index (χ4v) is 4.45. The zero-order chi connectivity index (χ0) is 22.1. The van der Waals surface area contributed by atoms with Crippen molar-refractivity contribution in [3.05, 3.63) is 81.4 Å². The van der Waals surface area contributed by atoms with E-state index in [2.05, 4.69) is 5.43 Å². The first-order chi connectivity index (χ1) is 14.8. The number of carbonyl (C=O) groups excluding carboxylic acids is 1. The topological polar surface area (TPSA) is 82.8 Å². The lowest BCUT2D eigenvalue weighted by Crippen LogP contribution is -2.34. The summed E-state index contributed by atoms with van der Waals surface area (Å²) in [7, 11) is 0. The van der Waals surface area contributed by atoms with Crippen LogP contribution in [0.3, 0.4) is 0 Å². The van der Waals surface area contributed by atoms with Crippen LogP contribution < -0.4 is 5.43 Å². The summed E-state index contributed by atoms with van der Waals surface area (Å²) in [5.41, 5.74) is 4.99. The van der Waals surface area contributed by atoms with Gasteiger partial charge in [-0.3, -0.25) is 10.2 Å². The molecule has 3 aromatic rings. The third-order valence-electron chi connectivity index (χ3n) is 4.54. The van der Waals surface area contributed by atoms with Gasteiger partial charge in [0.05, 0.1) is 16.2 Å². The highest BCUT2D eigenvalue weighted by Crippen LogP contribution is 2.35. The van der Waals surface area contributed by atoms with Crippen LogP contribution in [0.4, 0.5) is 5.69 Å². The maximum atomic E-state index is 12.9. The average molecular weight is 471 g/mol. The molecule has 0 radical (unpaired) electrons. The number of benzene rings is 2. The highest BCUT2D eigenvalue weighted by atomic mass is 35.5. The van der Waals surface area contributed by atoms with Gasteiger partial charge in [0.1, 0.15) is 11.5 Å². The van der Waals surface area contributed by atoms with Crippen molar-refractivity contribution in [1.82, 2.24) is 5.01 Å². The molecule has 1 amide bonds. The Morgan fingerprint density at radius 3 is 2.74 bits per heavy atom. The van der Waals surface area contributed by atoms with E-state index < -0.39 is 11.9 Å². The summed E-state index contributed by atoms with van der Waals surface area (Å²) in [5, 5.41) is 11.1. The van der Waals surface area contributed by atoms with Gasteiger partial charge < -0.3 is 9.52 Å². The van der Waals surface area contributed by atoms with Gasteiger partial charge in [0.15, 0.2) is 4.32 Å². The quantitative estimate of drug-likeness (QED) is 0.358. The number of halogens is 1. The third-order valence-corrected chi connectivity index (χ3v) is 6.07. The number of carbonyl (C=O) groups is 2. The number of thioether (sulfide) groups is 1. The predicted molar refractivity (Wildman–Crippen MR) is 126 cm³/mol. The molecule has 2 heterocycles. The molecule has 1 aromatic heterocycles. The number of hydrogen-bond donors (Lipinski definition) is 2. The molecule has 31 heavy (non-hydrogen) atoms. The number of hydrogen-bond acceptors (Lipinski definition) is 6. The number of para-hydroxylation sites is 1. The Kier molecular flexibility index (Phi) is 5.86. The molecule has 0 unspecified atom stereocenters. The van der Waals surface area contributed by atoms with Gasteiger partial charge in [-0.25, -0.2) is 9.80 Å². The number of amides is 1. The Morgan fingerprint density at radius 1 is 1.23 bits per heavy atom. The molecule has 1 aliphatic heterocycles. The second kappa shape index (κ2) is 8.58. The van der Waals surface area contributed by atoms with Crippen LogP contribution in [0.1, 0.15) is 21.7 Å². The largest absolute Gasteiger partial charge is 0.478 e. The van der Waals surface area contributed by atoms with E-state index in [1.54, 1.807) is 36.4 Å². The van der Waals surface area contributed by atoms with Gasteiger partial charge in [0.25, 0.3) is 5.91 Å². The number of aryl methyl sites for hydroxylation is 1. The number of thiocarbonyl (C=S) groups is 1. The van der Waals surface area contributed by atoms with Crippen LogP contribution in [0.25, 0.3) is 17.4 Å². The summed E-state index contributed by atoms with van der Waals surface area (Å²) in [5.74, 6) is -0.347. The van der Waals surface area contributed by atoms with Crippen molar-refractivity contribution >= 4 is 63.5 Å². The van der Waals surface area contributed by atoms with Crippen LogP contribution in [-0.2, 0) is 4.79 Å². The summed E-state index contributed by atoms with van der Waals surface area (Å²) in [6.07, 6.45) is 1.61. The van der Waals surface area contributed by atoms with Crippen LogP contribution >= 0.6 is 35.6 Å². The minimum Gasteiger partial charge on any atom is -0.478 e. The third kappa shape index (κ3) is 4.36. The number of furan rings is 1. The SMILES string of the molecule is Cc1cc(Cl)ccc1-c1ccc(C=C2SC(=S)N(Nc3ccccc3C(=O)O)C2=O)o1. The molecule has 4 rings (SSSR count). The average Bonchev–Trinajstić information content (AvgIpc) is 3.28. The van der Waals surface area contributed by atoms with Crippen LogP contribution in [0, 0.1) is 6.92 Å². The summed E-state index contributed by atoms with van der Waals surface area (Å²) < 4.78 is 6.16. The van der Waals surface area contributed by atoms with Crippen molar-refractivity contribution in [3.63, 3.8) is 0 Å². The fraction of sp³-hybridized carbons (Fsp3) is 0.0455. The lowest BCUT2D eigenvalue weighted by atomic mass is 10.1. The lowest BCUT2D eigenvalue weighted by Gasteiger charge is -2.18. The van der Waals surface area contributed by atoms with Gasteiger partial charge in [0.2, 0.25) is 0 Å². The first-order valence-corrected chi connectivity index (χ1v) is 10.7. The van der Waals surface area contributed by atoms with Crippen molar-refractivity contribution < 1.29 is 19.1 Å². The van der Waals surface area contributed by atoms with E-state index in [9.17, 15) is 14.7 Å². The maximum absolute atomic E-state index is 12.9. The van der Waals surface area contributed by atoms with Gasteiger partial charge >= 0.3 is 5.97 Å². The highest BCUT2D eigenvalue weighted by molar-refractivity contribution is 8.26. The van der Waals surface area contributed by atoms with Crippen molar-refractivity contribution in [2.24, 2.45) is 0 Å². The Balaban J connectivity index is 1.57. The van der Waals surface area contributed by atoms with Gasteiger partial charge in [-0.05, 0) is 67.2 Å². The zero-order valence-corrected chi connectivity index (χ0v) is 18.5. The van der Waals surface area contributed by atoms with E-state index in [-0.39, 0.29) is 15.6 Å². The number of anilines is 1. The molecular formula is C22H15ClN2O4S2. The van der Waals surface area contributed by atoms with E-state index in [1.807, 2.05) is 25.1 Å². The zero-order valence-electron chi connectivity index (χ0n) is 16.1. The maximum Gasteiger partial charge on any atom is 0.337 e. The molecule has 2 N–H and O–H groups in total. The second-order valence-corrected chi connectivity index (χ2v) is 8.75. The molecule has 1 saturated heterocycles. The molecule has 0 spiro atoms. The first-order valence-electron chi connectivity index (χ1n) is 9.07. The van der Waals surface area contributed by atoms with E-state index in [0.29, 0.717) is 21.4 Å². The number of nitrogens with one attached hydrogen (secondary N) is 1. The number of rotatable bonds is 5. The van der Waals surface area contributed by atoms with Crippen LogP contribution in [-0.4, -0.2) is 26.3 Å². The lowest BCUT2D eigenvalue weighted by molar-refractivity contribution is -0.121. The number of nitrogens with zero attached hydrogens (tertiary/aromatic N) is 1. The van der Waals surface area contributed by atoms with E-state index in [4.69, 9.17) is 28.2 Å². The fourth-order valence-electron chi connectivity index (χ4n) is 3.06. The molecule has 0 aliphatic carbocycles. The molecule has 2 aromatic carbocycles. The van der Waals surface area contributed by atoms with Crippen LogP contribution in [0.5, 0.6) is 0 Å². The molecule has 6 nitrogen and oxygen atoms in total. The van der Waals surface area contributed by atoms with E-state index in [0.717, 1.165) is 27.9 Å². The van der Waals surface area contributed by atoms with Crippen LogP contribution in [0.2, 0.25) is 5.02 Å². The monoisotopic (exact) mass is 470 g/mol. The Morgan fingerprint density at radius 2 is 2.00 bits per heavy atom. The van der Waals surface area contributed by atoms with Crippen molar-refractivity contribution in [1.29, 1.82) is 0 Å². The van der Waals surface area contributed by atoms with E-state index in [1.165, 1.54) is 6.07 Å². The molecule has 1 fully saturated rings. The minimum absolute atomic E-state index is 0.0366. The Labute approximate surface area is 192 Å². The van der Waals surface area contributed by atoms with Crippen LogP contribution in [0.15, 0.2) is 63.9 Å². The molecule has 156 valence electrons. The Hall–Kier alpha value is -3.07. The summed E-state index contributed by atoms with van der Waals surface area (Å²) >= 11 is 12.4. The second-order valence-electron chi connectivity index (χ2n) is 6.64. The first kappa shape index (κ1) is 21.2. The predicted octanol–water partition coefficient (Wildman–Crippen LogP) is 5.83. The molecule has 0 saturated carbocycles. The van der Waals surface area contributed by atoms with Gasteiger partial charge in [-0.2, -0.15) is 0 Å².